The molecule has 0 aliphatic heterocycles. The van der Waals surface area contributed by atoms with Crippen LogP contribution >= 0.6 is 0 Å². The van der Waals surface area contributed by atoms with E-state index >= 15 is 0 Å². The molecule has 1 heterocycles. The van der Waals surface area contributed by atoms with Crippen LogP contribution < -0.4 is 0 Å². The van der Waals surface area contributed by atoms with Crippen molar-refractivity contribution in [2.45, 2.75) is 13.0 Å². The van der Waals surface area contributed by atoms with Crippen LogP contribution in [0.25, 0.3) is 0 Å². The van der Waals surface area contributed by atoms with Crippen molar-refractivity contribution < 1.29 is 14.1 Å². The fourth-order valence-electron chi connectivity index (χ4n) is 1.60. The zero-order valence-corrected chi connectivity index (χ0v) is 9.82. The average Bonchev–Trinajstić information content (AvgIpc) is 2.80. The summed E-state index contributed by atoms with van der Waals surface area (Å²) in [5.74, 6) is -0.525. The molecule has 0 radical (unpaired) electrons. The van der Waals surface area contributed by atoms with Gasteiger partial charge >= 0.3 is 5.69 Å². The van der Waals surface area contributed by atoms with Gasteiger partial charge in [0.1, 0.15) is 24.8 Å². The van der Waals surface area contributed by atoms with Gasteiger partial charge in [0.05, 0.1) is 4.92 Å². The summed E-state index contributed by atoms with van der Waals surface area (Å²) >= 11 is 0. The topological polar surface area (TPSA) is 78.0 Å². The monoisotopic (exact) mass is 263 g/mol. The number of aromatic nitrogens is 2. The number of benzene rings is 1. The molecule has 0 spiro atoms. The number of hydrogen-bond donors (Lipinski definition) is 0. The van der Waals surface area contributed by atoms with E-state index in [1.807, 2.05) is 0 Å². The van der Waals surface area contributed by atoms with Gasteiger partial charge in [-0.3, -0.25) is 19.6 Å². The fourth-order valence-corrected chi connectivity index (χ4v) is 1.60. The van der Waals surface area contributed by atoms with Gasteiger partial charge in [0.2, 0.25) is 0 Å². The number of nitro groups is 1. The standard InChI is InChI=1S/C12H10FN3O3/c13-10-3-1-9(2-4-10)5-12(17)8-15-7-11(6-14-15)16(18)19/h1-4,6-7H,5,8H2. The predicted octanol–water partition coefficient (Wildman–Crippen LogP) is 1.74. The lowest BCUT2D eigenvalue weighted by atomic mass is 10.1. The molecule has 7 heteroatoms. The Balaban J connectivity index is 1.97. The largest absolute Gasteiger partial charge is 0.307 e. The van der Waals surface area contributed by atoms with E-state index < -0.39 is 4.92 Å². The number of ketones is 1. The molecule has 0 unspecified atom stereocenters. The van der Waals surface area contributed by atoms with E-state index in [1.165, 1.54) is 35.1 Å². The highest BCUT2D eigenvalue weighted by atomic mass is 19.1. The van der Waals surface area contributed by atoms with Gasteiger partial charge in [-0.25, -0.2) is 4.39 Å². The van der Waals surface area contributed by atoms with Gasteiger partial charge < -0.3 is 0 Å². The Bertz CT molecular complexity index is 607. The first-order chi connectivity index (χ1) is 9.04. The molecule has 0 bridgehead atoms. The van der Waals surface area contributed by atoms with Crippen LogP contribution in [-0.4, -0.2) is 20.5 Å². The van der Waals surface area contributed by atoms with E-state index in [4.69, 9.17) is 0 Å². The van der Waals surface area contributed by atoms with Crippen molar-refractivity contribution in [3.8, 4) is 0 Å². The lowest BCUT2D eigenvalue weighted by Crippen LogP contribution is -2.12. The van der Waals surface area contributed by atoms with Crippen molar-refractivity contribution in [2.24, 2.45) is 0 Å². The number of carbonyl (C=O) groups excluding carboxylic acids is 1. The van der Waals surface area contributed by atoms with Crippen LogP contribution in [0.15, 0.2) is 36.7 Å². The van der Waals surface area contributed by atoms with Crippen LogP contribution in [0.2, 0.25) is 0 Å². The van der Waals surface area contributed by atoms with Crippen LogP contribution in [-0.2, 0) is 17.8 Å². The van der Waals surface area contributed by atoms with Crippen LogP contribution in [0.3, 0.4) is 0 Å². The Morgan fingerprint density at radius 3 is 2.63 bits per heavy atom. The molecule has 0 aliphatic carbocycles. The van der Waals surface area contributed by atoms with E-state index in [9.17, 15) is 19.3 Å². The number of nitrogens with zero attached hydrogens (tertiary/aromatic N) is 3. The molecule has 0 saturated heterocycles. The minimum Gasteiger partial charge on any atom is -0.297 e. The number of halogens is 1. The molecule has 0 atom stereocenters. The van der Waals surface area contributed by atoms with Crippen molar-refractivity contribution in [3.05, 3.63) is 58.2 Å². The second kappa shape index (κ2) is 5.38. The third-order valence-electron chi connectivity index (χ3n) is 2.48. The van der Waals surface area contributed by atoms with E-state index in [2.05, 4.69) is 5.10 Å². The Labute approximate surface area is 107 Å². The lowest BCUT2D eigenvalue weighted by Gasteiger charge is -2.01. The molecule has 0 saturated carbocycles. The first kappa shape index (κ1) is 12.9. The molecule has 0 aliphatic rings. The van der Waals surface area contributed by atoms with Gasteiger partial charge in [0, 0.05) is 6.42 Å². The highest BCUT2D eigenvalue weighted by molar-refractivity contribution is 5.80. The van der Waals surface area contributed by atoms with Gasteiger partial charge in [0.25, 0.3) is 0 Å². The first-order valence-corrected chi connectivity index (χ1v) is 5.47. The zero-order valence-electron chi connectivity index (χ0n) is 9.82. The van der Waals surface area contributed by atoms with Gasteiger partial charge in [-0.15, -0.1) is 0 Å². The SMILES string of the molecule is O=C(Cc1ccc(F)cc1)Cn1cc([N+](=O)[O-])cn1. The highest BCUT2D eigenvalue weighted by Crippen LogP contribution is 2.09. The summed E-state index contributed by atoms with van der Waals surface area (Å²) in [7, 11) is 0. The summed E-state index contributed by atoms with van der Waals surface area (Å²) in [6, 6.07) is 5.61. The lowest BCUT2D eigenvalue weighted by molar-refractivity contribution is -0.385. The maximum atomic E-state index is 12.7. The first-order valence-electron chi connectivity index (χ1n) is 5.47. The number of hydrogen-bond acceptors (Lipinski definition) is 4. The Kier molecular flexibility index (Phi) is 3.65. The third kappa shape index (κ3) is 3.44. The summed E-state index contributed by atoms with van der Waals surface area (Å²) in [5.41, 5.74) is 0.530. The van der Waals surface area contributed by atoms with Gasteiger partial charge in [-0.2, -0.15) is 5.10 Å². The molecular formula is C12H10FN3O3. The van der Waals surface area contributed by atoms with Gasteiger partial charge in [-0.05, 0) is 17.7 Å². The quantitative estimate of drug-likeness (QED) is 0.608. The van der Waals surface area contributed by atoms with Crippen LogP contribution in [0.5, 0.6) is 0 Å². The van der Waals surface area contributed by atoms with Crippen LogP contribution in [0.1, 0.15) is 5.56 Å². The summed E-state index contributed by atoms with van der Waals surface area (Å²) < 4.78 is 13.9. The van der Waals surface area contributed by atoms with Crippen LogP contribution in [0.4, 0.5) is 10.1 Å². The fraction of sp³-hybridized carbons (Fsp3) is 0.167. The Morgan fingerprint density at radius 2 is 2.05 bits per heavy atom. The molecule has 1 aromatic heterocycles. The smallest absolute Gasteiger partial charge is 0.297 e. The summed E-state index contributed by atoms with van der Waals surface area (Å²) in [6.07, 6.45) is 2.42. The van der Waals surface area contributed by atoms with E-state index in [1.54, 1.807) is 0 Å². The maximum absolute atomic E-state index is 12.7. The minimum atomic E-state index is -0.575. The maximum Gasteiger partial charge on any atom is 0.307 e. The highest BCUT2D eigenvalue weighted by Gasteiger charge is 2.11. The summed E-state index contributed by atoms with van der Waals surface area (Å²) in [4.78, 5) is 21.6. The second-order valence-corrected chi connectivity index (χ2v) is 4.00. The Morgan fingerprint density at radius 1 is 1.37 bits per heavy atom. The van der Waals surface area contributed by atoms with E-state index in [0.717, 1.165) is 6.20 Å². The van der Waals surface area contributed by atoms with E-state index in [0.29, 0.717) is 5.56 Å². The predicted molar refractivity (Wildman–Crippen MR) is 64.0 cm³/mol. The summed E-state index contributed by atoms with van der Waals surface area (Å²) in [5, 5.41) is 14.2. The molecule has 19 heavy (non-hydrogen) atoms. The van der Waals surface area contributed by atoms with Crippen LogP contribution in [0, 0.1) is 15.9 Å². The molecule has 0 amide bonds. The molecule has 2 rings (SSSR count). The molecule has 0 N–H and O–H groups in total. The summed E-state index contributed by atoms with van der Waals surface area (Å²) in [6.45, 7) is -0.0504. The normalized spacial score (nSPS) is 10.4. The van der Waals surface area contributed by atoms with Crippen molar-refractivity contribution >= 4 is 11.5 Å². The number of carbonyl (C=O) groups is 1. The molecule has 6 nitrogen and oxygen atoms in total. The minimum absolute atomic E-state index is 0.0504. The third-order valence-corrected chi connectivity index (χ3v) is 2.48. The van der Waals surface area contributed by atoms with Crippen molar-refractivity contribution in [1.82, 2.24) is 9.78 Å². The molecule has 1 aromatic carbocycles. The number of Topliss-reactive ketones (excluding diaryl/α,β-unsaturated/α-hetero) is 1. The van der Waals surface area contributed by atoms with E-state index in [-0.39, 0.29) is 30.3 Å². The average molecular weight is 263 g/mol. The van der Waals surface area contributed by atoms with Gasteiger partial charge in [-0.1, -0.05) is 12.1 Å². The van der Waals surface area contributed by atoms with Crippen molar-refractivity contribution in [1.29, 1.82) is 0 Å². The molecular weight excluding hydrogens is 253 g/mol. The van der Waals surface area contributed by atoms with Crippen molar-refractivity contribution in [2.75, 3.05) is 0 Å². The molecule has 0 fully saturated rings. The van der Waals surface area contributed by atoms with Crippen molar-refractivity contribution in [3.63, 3.8) is 0 Å². The molecule has 98 valence electrons. The van der Waals surface area contributed by atoms with Gasteiger partial charge in [0.15, 0.2) is 5.78 Å². The Hall–Kier alpha value is -2.57. The second-order valence-electron chi connectivity index (χ2n) is 4.00. The number of rotatable bonds is 5. The molecule has 2 aromatic rings. The zero-order chi connectivity index (χ0) is 13.8.